The zero-order valence-corrected chi connectivity index (χ0v) is 17.3. The van der Waals surface area contributed by atoms with Crippen molar-refractivity contribution >= 4 is 34.8 Å². The second kappa shape index (κ2) is 8.96. The molecule has 2 aromatic carbocycles. The van der Waals surface area contributed by atoms with Crippen LogP contribution in [-0.2, 0) is 0 Å². The van der Waals surface area contributed by atoms with Crippen molar-refractivity contribution < 1.29 is 9.69 Å². The summed E-state index contributed by atoms with van der Waals surface area (Å²) in [7, 11) is 4.07. The average molecular weight is 407 g/mol. The van der Waals surface area contributed by atoms with Crippen LogP contribution in [0.5, 0.6) is 0 Å². The number of carbonyl (C=O) groups is 1. The number of rotatable bonds is 6. The fourth-order valence-corrected chi connectivity index (χ4v) is 4.14. The number of halogens is 2. The standard InChI is InChI=1S/C21H25Cl2N3O/c1-25(2)17-8-5-15(6-9-17)20(26-11-3-4-12-26)14-24-21(27)18-10-7-16(22)13-19(18)23/h5-10,13,20H,3-4,11-12,14H2,1-2H3,(H,24,27)/p+1/t20-/m1/s1. The Morgan fingerprint density at radius 1 is 1.11 bits per heavy atom. The smallest absolute Gasteiger partial charge is 0.253 e. The fraction of sp³-hybridized carbons (Fsp3) is 0.381. The molecule has 1 saturated heterocycles. The van der Waals surface area contributed by atoms with Gasteiger partial charge >= 0.3 is 0 Å². The number of amides is 1. The molecule has 6 heteroatoms. The highest BCUT2D eigenvalue weighted by Crippen LogP contribution is 2.21. The minimum absolute atomic E-state index is 0.162. The second-order valence-corrected chi connectivity index (χ2v) is 8.08. The van der Waals surface area contributed by atoms with Crippen LogP contribution in [0.3, 0.4) is 0 Å². The summed E-state index contributed by atoms with van der Waals surface area (Å²) in [4.78, 5) is 16.2. The largest absolute Gasteiger partial charge is 0.378 e. The van der Waals surface area contributed by atoms with Crippen molar-refractivity contribution in [3.63, 3.8) is 0 Å². The lowest BCUT2D eigenvalue weighted by Crippen LogP contribution is -3.11. The number of likely N-dealkylation sites (tertiary alicyclic amines) is 1. The molecule has 1 aliphatic rings. The van der Waals surface area contributed by atoms with Gasteiger partial charge in [0.05, 0.1) is 30.2 Å². The van der Waals surface area contributed by atoms with Gasteiger partial charge in [-0.2, -0.15) is 0 Å². The van der Waals surface area contributed by atoms with Gasteiger partial charge < -0.3 is 15.1 Å². The average Bonchev–Trinajstić information content (AvgIpc) is 3.16. The van der Waals surface area contributed by atoms with E-state index in [1.54, 1.807) is 18.2 Å². The summed E-state index contributed by atoms with van der Waals surface area (Å²) in [6, 6.07) is 13.8. The highest BCUT2D eigenvalue weighted by Gasteiger charge is 2.28. The lowest BCUT2D eigenvalue weighted by Gasteiger charge is -2.26. The molecule has 1 amide bonds. The van der Waals surface area contributed by atoms with Crippen LogP contribution in [0.25, 0.3) is 0 Å². The molecule has 0 radical (unpaired) electrons. The SMILES string of the molecule is CN(C)c1ccc([C@@H](CNC(=O)c2ccc(Cl)cc2Cl)[NH+]2CCCC2)cc1. The van der Waals surface area contributed by atoms with Crippen LogP contribution in [0.15, 0.2) is 42.5 Å². The molecule has 0 aromatic heterocycles. The van der Waals surface area contributed by atoms with Crippen molar-refractivity contribution in [3.05, 3.63) is 63.6 Å². The van der Waals surface area contributed by atoms with Gasteiger partial charge in [0.1, 0.15) is 6.04 Å². The van der Waals surface area contributed by atoms with E-state index in [1.165, 1.54) is 29.0 Å². The van der Waals surface area contributed by atoms with Gasteiger partial charge in [0.2, 0.25) is 0 Å². The van der Waals surface area contributed by atoms with Crippen molar-refractivity contribution in [3.8, 4) is 0 Å². The molecule has 2 aromatic rings. The first-order valence-electron chi connectivity index (χ1n) is 9.31. The molecular formula is C21H26Cl2N3O+. The van der Waals surface area contributed by atoms with Crippen LogP contribution in [0.2, 0.25) is 10.0 Å². The second-order valence-electron chi connectivity index (χ2n) is 7.24. The van der Waals surface area contributed by atoms with Gasteiger partial charge in [0.15, 0.2) is 0 Å². The Bertz CT molecular complexity index is 787. The van der Waals surface area contributed by atoms with Gasteiger partial charge in [-0.3, -0.25) is 4.79 Å². The van der Waals surface area contributed by atoms with E-state index in [9.17, 15) is 4.79 Å². The predicted molar refractivity (Wildman–Crippen MR) is 112 cm³/mol. The Hall–Kier alpha value is -1.75. The minimum Gasteiger partial charge on any atom is -0.378 e. The molecule has 144 valence electrons. The summed E-state index contributed by atoms with van der Waals surface area (Å²) in [6.07, 6.45) is 2.47. The first-order valence-corrected chi connectivity index (χ1v) is 10.1. The molecule has 0 saturated carbocycles. The molecule has 1 fully saturated rings. The molecule has 0 bridgehead atoms. The molecule has 1 aliphatic heterocycles. The van der Waals surface area contributed by atoms with Crippen molar-refractivity contribution in [1.29, 1.82) is 0 Å². The van der Waals surface area contributed by atoms with Crippen molar-refractivity contribution in [2.75, 3.05) is 38.6 Å². The Morgan fingerprint density at radius 3 is 2.37 bits per heavy atom. The molecular weight excluding hydrogens is 381 g/mol. The van der Waals surface area contributed by atoms with Crippen LogP contribution >= 0.6 is 23.2 Å². The van der Waals surface area contributed by atoms with E-state index in [4.69, 9.17) is 23.2 Å². The Labute approximate surface area is 171 Å². The number of quaternary nitrogens is 1. The first-order chi connectivity index (χ1) is 13.0. The predicted octanol–water partition coefficient (Wildman–Crippen LogP) is 3.21. The Morgan fingerprint density at radius 2 is 1.78 bits per heavy atom. The van der Waals surface area contributed by atoms with E-state index in [2.05, 4.69) is 34.5 Å². The Kier molecular flexibility index (Phi) is 6.64. The van der Waals surface area contributed by atoms with Crippen LogP contribution in [-0.4, -0.2) is 39.6 Å². The molecule has 3 rings (SSSR count). The lowest BCUT2D eigenvalue weighted by molar-refractivity contribution is -0.918. The van der Waals surface area contributed by atoms with E-state index >= 15 is 0 Å². The number of anilines is 1. The quantitative estimate of drug-likeness (QED) is 0.772. The summed E-state index contributed by atoms with van der Waals surface area (Å²) < 4.78 is 0. The number of nitrogens with one attached hydrogen (secondary N) is 2. The summed E-state index contributed by atoms with van der Waals surface area (Å²) in [5, 5.41) is 3.97. The summed E-state index contributed by atoms with van der Waals surface area (Å²) >= 11 is 12.1. The monoisotopic (exact) mass is 406 g/mol. The van der Waals surface area contributed by atoms with Crippen molar-refractivity contribution in [2.45, 2.75) is 18.9 Å². The third-order valence-electron chi connectivity index (χ3n) is 5.19. The third kappa shape index (κ3) is 4.95. The van der Waals surface area contributed by atoms with Gasteiger partial charge in [0.25, 0.3) is 5.91 Å². The molecule has 4 nitrogen and oxygen atoms in total. The number of benzene rings is 2. The molecule has 1 atom stereocenters. The minimum atomic E-state index is -0.162. The number of nitrogens with zero attached hydrogens (tertiary/aromatic N) is 1. The van der Waals surface area contributed by atoms with Gasteiger partial charge in [-0.25, -0.2) is 0 Å². The highest BCUT2D eigenvalue weighted by molar-refractivity contribution is 6.36. The van der Waals surface area contributed by atoms with Crippen LogP contribution in [0.4, 0.5) is 5.69 Å². The lowest BCUT2D eigenvalue weighted by atomic mass is 10.0. The van der Waals surface area contributed by atoms with E-state index < -0.39 is 0 Å². The summed E-state index contributed by atoms with van der Waals surface area (Å²) in [6.45, 7) is 2.85. The zero-order valence-electron chi connectivity index (χ0n) is 15.8. The molecule has 0 unspecified atom stereocenters. The van der Waals surface area contributed by atoms with Gasteiger partial charge in [-0.05, 0) is 30.3 Å². The van der Waals surface area contributed by atoms with E-state index in [1.807, 2.05) is 14.1 Å². The third-order valence-corrected chi connectivity index (χ3v) is 5.74. The maximum absolute atomic E-state index is 12.6. The molecule has 2 N–H and O–H groups in total. The van der Waals surface area contributed by atoms with E-state index in [0.717, 1.165) is 13.1 Å². The molecule has 0 aliphatic carbocycles. The maximum atomic E-state index is 12.6. The molecule has 27 heavy (non-hydrogen) atoms. The van der Waals surface area contributed by atoms with Gasteiger partial charge in [0, 0.05) is 43.2 Å². The van der Waals surface area contributed by atoms with Crippen LogP contribution < -0.4 is 15.1 Å². The number of carbonyl (C=O) groups excluding carboxylic acids is 1. The van der Waals surface area contributed by atoms with E-state index in [0.29, 0.717) is 22.2 Å². The Balaban J connectivity index is 1.74. The van der Waals surface area contributed by atoms with Gasteiger partial charge in [-0.15, -0.1) is 0 Å². The number of hydrogen-bond acceptors (Lipinski definition) is 2. The highest BCUT2D eigenvalue weighted by atomic mass is 35.5. The topological polar surface area (TPSA) is 36.8 Å². The summed E-state index contributed by atoms with van der Waals surface area (Å²) in [5.41, 5.74) is 2.88. The molecule has 1 heterocycles. The summed E-state index contributed by atoms with van der Waals surface area (Å²) in [5.74, 6) is -0.162. The van der Waals surface area contributed by atoms with Crippen molar-refractivity contribution in [2.24, 2.45) is 0 Å². The van der Waals surface area contributed by atoms with Crippen LogP contribution in [0.1, 0.15) is 34.8 Å². The van der Waals surface area contributed by atoms with Crippen molar-refractivity contribution in [1.82, 2.24) is 5.32 Å². The van der Waals surface area contributed by atoms with Gasteiger partial charge in [-0.1, -0.05) is 35.3 Å². The zero-order chi connectivity index (χ0) is 19.4. The fourth-order valence-electron chi connectivity index (χ4n) is 3.64. The maximum Gasteiger partial charge on any atom is 0.253 e. The van der Waals surface area contributed by atoms with Crippen LogP contribution in [0, 0.1) is 0 Å². The first kappa shape index (κ1) is 20.0. The number of hydrogen-bond donors (Lipinski definition) is 2. The molecule has 0 spiro atoms. The normalized spacial score (nSPS) is 15.6. The van der Waals surface area contributed by atoms with E-state index in [-0.39, 0.29) is 11.9 Å².